The molecule has 0 spiro atoms. The number of nitrogens with zero attached hydrogens (tertiary/aromatic N) is 3. The number of halogens is 1. The molecular weight excluding hydrogens is 391 g/mol. The summed E-state index contributed by atoms with van der Waals surface area (Å²) in [6.45, 7) is 8.38. The van der Waals surface area contributed by atoms with Crippen LogP contribution in [0.25, 0.3) is 15.9 Å². The number of hydrogen-bond acceptors (Lipinski definition) is 4. The van der Waals surface area contributed by atoms with Gasteiger partial charge in [-0.3, -0.25) is 4.79 Å². The van der Waals surface area contributed by atoms with Gasteiger partial charge in [0.05, 0.1) is 23.9 Å². The van der Waals surface area contributed by atoms with Gasteiger partial charge in [0.1, 0.15) is 11.6 Å². The van der Waals surface area contributed by atoms with Gasteiger partial charge in [-0.25, -0.2) is 14.2 Å². The topological polar surface area (TPSA) is 79.1 Å². The predicted molar refractivity (Wildman–Crippen MR) is 111 cm³/mol. The molecule has 2 heterocycles. The molecule has 1 amide bonds. The summed E-state index contributed by atoms with van der Waals surface area (Å²) in [5.74, 6) is 0.0233. The van der Waals surface area contributed by atoms with E-state index >= 15 is 0 Å². The number of aromatic nitrogens is 3. The third kappa shape index (κ3) is 3.71. The van der Waals surface area contributed by atoms with Gasteiger partial charge < -0.3 is 20.2 Å². The summed E-state index contributed by atoms with van der Waals surface area (Å²) in [4.78, 5) is 23.2. The Kier molecular flexibility index (Phi) is 5.27. The van der Waals surface area contributed by atoms with Crippen LogP contribution in [-0.4, -0.2) is 33.0 Å². The van der Waals surface area contributed by atoms with Crippen molar-refractivity contribution in [1.82, 2.24) is 19.9 Å². The summed E-state index contributed by atoms with van der Waals surface area (Å²) in [5.41, 5.74) is 2.18. The van der Waals surface area contributed by atoms with E-state index in [1.54, 1.807) is 0 Å². The van der Waals surface area contributed by atoms with Crippen molar-refractivity contribution in [3.8, 4) is 0 Å². The lowest BCUT2D eigenvalue weighted by Crippen LogP contribution is -2.30. The number of nitrogens with one attached hydrogen (secondary N) is 3. The maximum absolute atomic E-state index is 13.0. The van der Waals surface area contributed by atoms with Gasteiger partial charge in [0.15, 0.2) is 4.64 Å². The van der Waals surface area contributed by atoms with E-state index in [9.17, 15) is 9.18 Å². The third-order valence-corrected chi connectivity index (χ3v) is 5.41. The largest absolute Gasteiger partial charge is 0.378 e. The molecule has 1 aliphatic carbocycles. The molecule has 3 N–H and O–H groups in total. The second-order valence-electron chi connectivity index (χ2n) is 6.93. The lowest BCUT2D eigenvalue weighted by Gasteiger charge is -2.28. The SMILES string of the molecule is [C-]#[N+]c1c(NC2CCC2)n(CCNC(=O)c2ccc(F)cc2)c2c(=S)nc[nH]c12. The predicted octanol–water partition coefficient (Wildman–Crippen LogP) is 4.18. The van der Waals surface area contributed by atoms with E-state index < -0.39 is 0 Å². The van der Waals surface area contributed by atoms with E-state index in [0.717, 1.165) is 12.8 Å². The van der Waals surface area contributed by atoms with Crippen LogP contribution in [-0.2, 0) is 6.54 Å². The Hall–Kier alpha value is -3.25. The zero-order valence-corrected chi connectivity index (χ0v) is 16.4. The maximum Gasteiger partial charge on any atom is 0.251 e. The van der Waals surface area contributed by atoms with Crippen LogP contribution in [0.1, 0.15) is 29.6 Å². The fraction of sp³-hybridized carbons (Fsp3) is 0.300. The molecular formula is C20H19FN6OS. The van der Waals surface area contributed by atoms with E-state index in [-0.39, 0.29) is 11.7 Å². The Labute approximate surface area is 171 Å². The smallest absolute Gasteiger partial charge is 0.251 e. The molecule has 9 heteroatoms. The van der Waals surface area contributed by atoms with Crippen molar-refractivity contribution in [2.75, 3.05) is 11.9 Å². The first-order chi connectivity index (χ1) is 14.1. The average Bonchev–Trinajstić information content (AvgIpc) is 2.99. The molecule has 148 valence electrons. The van der Waals surface area contributed by atoms with E-state index in [1.165, 1.54) is 37.0 Å². The number of H-pyrrole nitrogens is 1. The van der Waals surface area contributed by atoms with Gasteiger partial charge in [0.25, 0.3) is 11.6 Å². The molecule has 0 unspecified atom stereocenters. The fourth-order valence-electron chi connectivity index (χ4n) is 3.39. The standard InChI is InChI=1S/C20H19FN6OS/c1-22-16-15-17(20(29)25-11-24-15)27(18(16)26-14-3-2-4-14)10-9-23-19(28)12-5-7-13(21)8-6-12/h5-8,11,14,26H,2-4,9-10H2,(H,23,28)(H,24,25,29). The van der Waals surface area contributed by atoms with Crippen LogP contribution in [0.2, 0.25) is 0 Å². The van der Waals surface area contributed by atoms with E-state index in [0.29, 0.717) is 51.9 Å². The number of fused-ring (bicyclic) bond motifs is 1. The van der Waals surface area contributed by atoms with Crippen molar-refractivity contribution >= 4 is 40.7 Å². The number of carbonyl (C=O) groups is 1. The van der Waals surface area contributed by atoms with E-state index in [2.05, 4.69) is 25.4 Å². The molecule has 7 nitrogen and oxygen atoms in total. The Bertz CT molecular complexity index is 1160. The molecule has 0 radical (unpaired) electrons. The average molecular weight is 410 g/mol. The second kappa shape index (κ2) is 8.01. The van der Waals surface area contributed by atoms with Gasteiger partial charge in [-0.1, -0.05) is 12.2 Å². The van der Waals surface area contributed by atoms with Crippen LogP contribution in [0.5, 0.6) is 0 Å². The van der Waals surface area contributed by atoms with Gasteiger partial charge in [-0.05, 0) is 43.5 Å². The highest BCUT2D eigenvalue weighted by Crippen LogP contribution is 2.38. The Balaban J connectivity index is 1.60. The molecule has 0 aliphatic heterocycles. The van der Waals surface area contributed by atoms with Crippen LogP contribution >= 0.6 is 12.2 Å². The molecule has 0 bridgehead atoms. The zero-order chi connectivity index (χ0) is 20.4. The van der Waals surface area contributed by atoms with Gasteiger partial charge in [0.2, 0.25) is 0 Å². The summed E-state index contributed by atoms with van der Waals surface area (Å²) in [7, 11) is 0. The highest BCUT2D eigenvalue weighted by Gasteiger charge is 2.24. The number of hydrogen-bond donors (Lipinski definition) is 3. The molecule has 29 heavy (non-hydrogen) atoms. The van der Waals surface area contributed by atoms with Gasteiger partial charge in [-0.2, -0.15) is 0 Å². The quantitative estimate of drug-likeness (QED) is 0.421. The Morgan fingerprint density at radius 1 is 1.38 bits per heavy atom. The number of carbonyl (C=O) groups excluding carboxylic acids is 1. The minimum absolute atomic E-state index is 0.288. The normalized spacial score (nSPS) is 13.7. The third-order valence-electron chi connectivity index (χ3n) is 5.12. The van der Waals surface area contributed by atoms with Crippen LogP contribution in [0.4, 0.5) is 15.9 Å². The minimum Gasteiger partial charge on any atom is -0.378 e. The lowest BCUT2D eigenvalue weighted by molar-refractivity contribution is 0.0952. The number of anilines is 1. The fourth-order valence-corrected chi connectivity index (χ4v) is 3.66. The van der Waals surface area contributed by atoms with Crippen molar-refractivity contribution in [2.45, 2.75) is 31.8 Å². The first-order valence-electron chi connectivity index (χ1n) is 9.36. The lowest BCUT2D eigenvalue weighted by atomic mass is 9.93. The van der Waals surface area contributed by atoms with Gasteiger partial charge in [-0.15, -0.1) is 0 Å². The minimum atomic E-state index is -0.388. The van der Waals surface area contributed by atoms with Crippen LogP contribution in [0.15, 0.2) is 30.6 Å². The van der Waals surface area contributed by atoms with Crippen molar-refractivity contribution in [2.24, 2.45) is 0 Å². The van der Waals surface area contributed by atoms with Gasteiger partial charge in [0, 0.05) is 24.7 Å². The molecule has 1 aromatic carbocycles. The zero-order valence-electron chi connectivity index (χ0n) is 15.5. The molecule has 1 fully saturated rings. The maximum atomic E-state index is 13.0. The number of aromatic amines is 1. The monoisotopic (exact) mass is 410 g/mol. The Morgan fingerprint density at radius 2 is 2.14 bits per heavy atom. The highest BCUT2D eigenvalue weighted by molar-refractivity contribution is 7.71. The number of rotatable bonds is 6. The van der Waals surface area contributed by atoms with Crippen molar-refractivity contribution in [3.63, 3.8) is 0 Å². The molecule has 0 atom stereocenters. The van der Waals surface area contributed by atoms with Crippen LogP contribution in [0, 0.1) is 17.0 Å². The molecule has 1 aliphatic rings. The first kappa shape index (κ1) is 19.1. The molecule has 4 rings (SSSR count). The summed E-state index contributed by atoms with van der Waals surface area (Å²) < 4.78 is 15.4. The summed E-state index contributed by atoms with van der Waals surface area (Å²) in [5, 5.41) is 6.29. The summed E-state index contributed by atoms with van der Waals surface area (Å²) in [6.07, 6.45) is 4.78. The Morgan fingerprint density at radius 3 is 2.79 bits per heavy atom. The first-order valence-corrected chi connectivity index (χ1v) is 9.77. The summed E-state index contributed by atoms with van der Waals surface area (Å²) in [6, 6.07) is 5.71. The van der Waals surface area contributed by atoms with Gasteiger partial charge >= 0.3 is 0 Å². The van der Waals surface area contributed by atoms with E-state index in [4.69, 9.17) is 18.8 Å². The highest BCUT2D eigenvalue weighted by atomic mass is 32.1. The van der Waals surface area contributed by atoms with Crippen LogP contribution in [0.3, 0.4) is 0 Å². The second-order valence-corrected chi connectivity index (χ2v) is 7.31. The van der Waals surface area contributed by atoms with Crippen molar-refractivity contribution in [1.29, 1.82) is 0 Å². The van der Waals surface area contributed by atoms with Crippen molar-refractivity contribution in [3.05, 3.63) is 58.0 Å². The van der Waals surface area contributed by atoms with Crippen molar-refractivity contribution < 1.29 is 9.18 Å². The summed E-state index contributed by atoms with van der Waals surface area (Å²) >= 11 is 5.40. The van der Waals surface area contributed by atoms with Crippen LogP contribution < -0.4 is 10.6 Å². The number of amides is 1. The molecule has 0 saturated heterocycles. The molecule has 3 aromatic rings. The molecule has 1 saturated carbocycles. The molecule has 2 aromatic heterocycles. The number of benzene rings is 1. The van der Waals surface area contributed by atoms with E-state index in [1.807, 2.05) is 4.57 Å².